The first-order valence-electron chi connectivity index (χ1n) is 6.09. The van der Waals surface area contributed by atoms with Crippen LogP contribution < -0.4 is 5.73 Å². The number of rotatable bonds is 5. The molecule has 2 atom stereocenters. The molecule has 3 heteroatoms. The molecule has 0 bridgehead atoms. The predicted molar refractivity (Wildman–Crippen MR) is 66.0 cm³/mol. The number of hydrogen-bond donors (Lipinski definition) is 1. The number of nitrogens with two attached hydrogens (primary N) is 1. The van der Waals surface area contributed by atoms with E-state index >= 15 is 0 Å². The first kappa shape index (κ1) is 12.9. The van der Waals surface area contributed by atoms with Crippen molar-refractivity contribution in [1.29, 1.82) is 0 Å². The zero-order chi connectivity index (χ0) is 11.5. The molecular formula is C12H27N3. The van der Waals surface area contributed by atoms with Gasteiger partial charge in [-0.2, -0.15) is 0 Å². The maximum atomic E-state index is 6.01. The Hall–Kier alpha value is -0.120. The highest BCUT2D eigenvalue weighted by Crippen LogP contribution is 2.38. The van der Waals surface area contributed by atoms with E-state index < -0.39 is 0 Å². The van der Waals surface area contributed by atoms with Gasteiger partial charge in [0.05, 0.1) is 0 Å². The molecule has 1 fully saturated rings. The molecular weight excluding hydrogens is 186 g/mol. The van der Waals surface area contributed by atoms with Gasteiger partial charge in [0.15, 0.2) is 0 Å². The highest BCUT2D eigenvalue weighted by molar-refractivity contribution is 4.99. The van der Waals surface area contributed by atoms with E-state index in [-0.39, 0.29) is 5.54 Å². The summed E-state index contributed by atoms with van der Waals surface area (Å²) in [5, 5.41) is 0. The summed E-state index contributed by atoms with van der Waals surface area (Å²) in [6.07, 6.45) is 3.95. The normalized spacial score (nSPS) is 31.8. The van der Waals surface area contributed by atoms with Gasteiger partial charge in [-0.05, 0) is 39.9 Å². The molecule has 0 spiro atoms. The summed E-state index contributed by atoms with van der Waals surface area (Å²) in [6.45, 7) is 5.39. The molecule has 1 aliphatic carbocycles. The number of nitrogens with zero attached hydrogens (tertiary/aromatic N) is 2. The van der Waals surface area contributed by atoms with Crippen LogP contribution in [0.5, 0.6) is 0 Å². The Morgan fingerprint density at radius 2 is 1.93 bits per heavy atom. The van der Waals surface area contributed by atoms with Gasteiger partial charge in [-0.1, -0.05) is 13.3 Å². The maximum absolute atomic E-state index is 6.01. The third kappa shape index (κ3) is 2.71. The van der Waals surface area contributed by atoms with Crippen molar-refractivity contribution in [2.24, 2.45) is 11.7 Å². The van der Waals surface area contributed by atoms with E-state index in [1.807, 2.05) is 0 Å². The van der Waals surface area contributed by atoms with Crippen LogP contribution in [0.2, 0.25) is 0 Å². The van der Waals surface area contributed by atoms with Crippen LogP contribution in [0.4, 0.5) is 0 Å². The lowest BCUT2D eigenvalue weighted by molar-refractivity contribution is 0.0844. The highest BCUT2D eigenvalue weighted by Gasteiger charge is 2.41. The molecule has 3 nitrogen and oxygen atoms in total. The van der Waals surface area contributed by atoms with Crippen molar-refractivity contribution in [3.05, 3.63) is 0 Å². The Kier molecular flexibility index (Phi) is 4.56. The second-order valence-corrected chi connectivity index (χ2v) is 5.33. The summed E-state index contributed by atoms with van der Waals surface area (Å²) in [7, 11) is 6.49. The lowest BCUT2D eigenvalue weighted by Crippen LogP contribution is -2.55. The van der Waals surface area contributed by atoms with Crippen molar-refractivity contribution >= 4 is 0 Å². The van der Waals surface area contributed by atoms with Crippen molar-refractivity contribution in [3.63, 3.8) is 0 Å². The van der Waals surface area contributed by atoms with Gasteiger partial charge in [-0.3, -0.25) is 4.90 Å². The molecule has 0 saturated heterocycles. The summed E-state index contributed by atoms with van der Waals surface area (Å²) < 4.78 is 0. The lowest BCUT2D eigenvalue weighted by atomic mass is 9.87. The van der Waals surface area contributed by atoms with E-state index in [4.69, 9.17) is 5.73 Å². The van der Waals surface area contributed by atoms with Crippen LogP contribution in [0.15, 0.2) is 0 Å². The first-order chi connectivity index (χ1) is 7.03. The van der Waals surface area contributed by atoms with E-state index in [9.17, 15) is 0 Å². The minimum absolute atomic E-state index is 0.274. The molecule has 0 radical (unpaired) electrons. The van der Waals surface area contributed by atoms with Gasteiger partial charge in [-0.15, -0.1) is 0 Å². The topological polar surface area (TPSA) is 32.5 Å². The molecule has 2 N–H and O–H groups in total. The van der Waals surface area contributed by atoms with Crippen molar-refractivity contribution in [2.45, 2.75) is 31.7 Å². The summed E-state index contributed by atoms with van der Waals surface area (Å²) in [6, 6.07) is 0. The number of likely N-dealkylation sites (N-methyl/N-ethyl adjacent to an activating group) is 2. The van der Waals surface area contributed by atoms with Crippen LogP contribution in [0, 0.1) is 5.92 Å². The monoisotopic (exact) mass is 213 g/mol. The van der Waals surface area contributed by atoms with Gasteiger partial charge >= 0.3 is 0 Å². The van der Waals surface area contributed by atoms with Gasteiger partial charge in [0.2, 0.25) is 0 Å². The minimum atomic E-state index is 0.274. The van der Waals surface area contributed by atoms with Crippen molar-refractivity contribution in [2.75, 3.05) is 40.8 Å². The van der Waals surface area contributed by atoms with E-state index in [1.165, 1.54) is 19.3 Å². The average molecular weight is 213 g/mol. The molecule has 0 heterocycles. The summed E-state index contributed by atoms with van der Waals surface area (Å²) in [5.74, 6) is 0.745. The van der Waals surface area contributed by atoms with E-state index in [0.29, 0.717) is 0 Å². The third-order valence-electron chi connectivity index (χ3n) is 4.16. The van der Waals surface area contributed by atoms with E-state index in [1.54, 1.807) is 0 Å². The summed E-state index contributed by atoms with van der Waals surface area (Å²) in [5.41, 5.74) is 6.29. The quantitative estimate of drug-likeness (QED) is 0.739. The minimum Gasteiger partial charge on any atom is -0.329 e. The van der Waals surface area contributed by atoms with Crippen LogP contribution in [0.1, 0.15) is 26.2 Å². The van der Waals surface area contributed by atoms with E-state index in [0.717, 1.165) is 25.6 Å². The van der Waals surface area contributed by atoms with Gasteiger partial charge in [-0.25, -0.2) is 0 Å². The molecule has 0 aromatic rings. The largest absolute Gasteiger partial charge is 0.329 e. The Labute approximate surface area is 94.6 Å². The summed E-state index contributed by atoms with van der Waals surface area (Å²) in [4.78, 5) is 4.73. The maximum Gasteiger partial charge on any atom is 0.0354 e. The van der Waals surface area contributed by atoms with Gasteiger partial charge < -0.3 is 10.6 Å². The molecule has 0 aromatic carbocycles. The molecule has 2 unspecified atom stereocenters. The second kappa shape index (κ2) is 5.28. The fraction of sp³-hybridized carbons (Fsp3) is 1.00. The molecule has 1 aliphatic rings. The molecule has 1 saturated carbocycles. The Bertz CT molecular complexity index is 193. The second-order valence-electron chi connectivity index (χ2n) is 5.33. The molecule has 1 rings (SSSR count). The van der Waals surface area contributed by atoms with Crippen LogP contribution >= 0.6 is 0 Å². The smallest absolute Gasteiger partial charge is 0.0354 e. The third-order valence-corrected chi connectivity index (χ3v) is 4.16. The molecule has 15 heavy (non-hydrogen) atoms. The van der Waals surface area contributed by atoms with E-state index in [2.05, 4.69) is 37.9 Å². The SMILES string of the molecule is CC1CCCC1(CN)N(C)CCN(C)C. The Morgan fingerprint density at radius 1 is 1.27 bits per heavy atom. The first-order valence-corrected chi connectivity index (χ1v) is 6.09. The standard InChI is InChI=1S/C12H27N3/c1-11-6-5-7-12(11,10-13)15(4)9-8-14(2)3/h11H,5-10,13H2,1-4H3. The predicted octanol–water partition coefficient (Wildman–Crippen LogP) is 0.997. The van der Waals surface area contributed by atoms with Crippen molar-refractivity contribution < 1.29 is 0 Å². The summed E-state index contributed by atoms with van der Waals surface area (Å²) >= 11 is 0. The van der Waals surface area contributed by atoms with Gasteiger partial charge in [0.1, 0.15) is 0 Å². The van der Waals surface area contributed by atoms with Crippen LogP contribution in [0.25, 0.3) is 0 Å². The zero-order valence-corrected chi connectivity index (χ0v) is 10.8. The zero-order valence-electron chi connectivity index (χ0n) is 10.8. The molecule has 0 aliphatic heterocycles. The molecule has 0 aromatic heterocycles. The van der Waals surface area contributed by atoms with Crippen LogP contribution in [-0.2, 0) is 0 Å². The van der Waals surface area contributed by atoms with Gasteiger partial charge in [0.25, 0.3) is 0 Å². The van der Waals surface area contributed by atoms with Crippen LogP contribution in [-0.4, -0.2) is 56.1 Å². The Morgan fingerprint density at radius 3 is 2.33 bits per heavy atom. The number of hydrogen-bond acceptors (Lipinski definition) is 3. The van der Waals surface area contributed by atoms with Crippen molar-refractivity contribution in [3.8, 4) is 0 Å². The van der Waals surface area contributed by atoms with Crippen LogP contribution in [0.3, 0.4) is 0 Å². The lowest BCUT2D eigenvalue weighted by Gasteiger charge is -2.42. The van der Waals surface area contributed by atoms with Gasteiger partial charge in [0, 0.05) is 25.2 Å². The Balaban J connectivity index is 2.57. The fourth-order valence-electron chi connectivity index (χ4n) is 2.83. The van der Waals surface area contributed by atoms with Crippen molar-refractivity contribution in [1.82, 2.24) is 9.80 Å². The molecule has 0 amide bonds. The molecule has 90 valence electrons. The average Bonchev–Trinajstić information content (AvgIpc) is 2.57. The fourth-order valence-corrected chi connectivity index (χ4v) is 2.83. The highest BCUT2D eigenvalue weighted by atomic mass is 15.2.